The van der Waals surface area contributed by atoms with E-state index in [1.54, 1.807) is 7.11 Å². The van der Waals surface area contributed by atoms with Crippen LogP contribution in [0, 0.1) is 6.92 Å². The molecular weight excluding hydrogens is 354 g/mol. The molecule has 0 saturated heterocycles. The van der Waals surface area contributed by atoms with Crippen LogP contribution in [0.5, 0.6) is 5.75 Å². The molecule has 0 spiro atoms. The first-order valence-corrected chi connectivity index (χ1v) is 8.78. The van der Waals surface area contributed by atoms with E-state index in [4.69, 9.17) is 4.74 Å². The lowest BCUT2D eigenvalue weighted by Gasteiger charge is -2.13. The number of amides is 1. The van der Waals surface area contributed by atoms with Gasteiger partial charge >= 0.3 is 0 Å². The largest absolute Gasteiger partial charge is 0.495 e. The number of anilines is 4. The Morgan fingerprint density at radius 1 is 1.04 bits per heavy atom. The third-order valence-electron chi connectivity index (χ3n) is 4.16. The minimum Gasteiger partial charge on any atom is -0.495 e. The van der Waals surface area contributed by atoms with Gasteiger partial charge in [-0.2, -0.15) is 0 Å². The molecule has 0 atom stereocenters. The van der Waals surface area contributed by atoms with Gasteiger partial charge in [0.2, 0.25) is 5.95 Å². The predicted octanol–water partition coefficient (Wildman–Crippen LogP) is 3.86. The van der Waals surface area contributed by atoms with Crippen LogP contribution in [0.2, 0.25) is 0 Å². The fourth-order valence-electron chi connectivity index (χ4n) is 2.60. The molecule has 0 aliphatic carbocycles. The van der Waals surface area contributed by atoms with Crippen molar-refractivity contribution in [1.29, 1.82) is 0 Å². The average Bonchev–Trinajstić information content (AvgIpc) is 2.69. The maximum Gasteiger partial charge on any atom is 0.258 e. The minimum absolute atomic E-state index is 0.300. The van der Waals surface area contributed by atoms with Gasteiger partial charge in [0.15, 0.2) is 0 Å². The Balaban J connectivity index is 1.68. The second kappa shape index (κ2) is 8.39. The summed E-state index contributed by atoms with van der Waals surface area (Å²) in [5.41, 5.74) is 3.96. The Bertz CT molecular complexity index is 954. The van der Waals surface area contributed by atoms with Crippen LogP contribution in [0.4, 0.5) is 23.0 Å². The van der Waals surface area contributed by atoms with Crippen LogP contribution in [-0.2, 0) is 0 Å². The molecule has 1 heterocycles. The first-order chi connectivity index (χ1) is 13.5. The summed E-state index contributed by atoms with van der Waals surface area (Å²) >= 11 is 0. The van der Waals surface area contributed by atoms with Crippen molar-refractivity contribution in [3.05, 3.63) is 66.0 Å². The number of methoxy groups -OCH3 is 1. The summed E-state index contributed by atoms with van der Waals surface area (Å²) in [5, 5.41) is 5.95. The summed E-state index contributed by atoms with van der Waals surface area (Å²) in [6.45, 7) is 1.95. The van der Waals surface area contributed by atoms with E-state index in [9.17, 15) is 4.79 Å². The molecular formula is C21H23N5O2. The topological polar surface area (TPSA) is 79.4 Å². The summed E-state index contributed by atoms with van der Waals surface area (Å²) < 4.78 is 5.29. The highest BCUT2D eigenvalue weighted by Crippen LogP contribution is 2.25. The van der Waals surface area contributed by atoms with Gasteiger partial charge in [-0.15, -0.1) is 0 Å². The van der Waals surface area contributed by atoms with Gasteiger partial charge in [-0.25, -0.2) is 9.97 Å². The lowest BCUT2D eigenvalue weighted by Crippen LogP contribution is -2.14. The number of hydrogen-bond acceptors (Lipinski definition) is 6. The van der Waals surface area contributed by atoms with Crippen molar-refractivity contribution in [2.24, 2.45) is 0 Å². The number of rotatable bonds is 6. The van der Waals surface area contributed by atoms with Crippen molar-refractivity contribution in [3.63, 3.8) is 0 Å². The van der Waals surface area contributed by atoms with Crippen LogP contribution >= 0.6 is 0 Å². The Morgan fingerprint density at radius 2 is 1.71 bits per heavy atom. The van der Waals surface area contributed by atoms with Crippen LogP contribution in [0.15, 0.2) is 54.9 Å². The van der Waals surface area contributed by atoms with E-state index in [2.05, 4.69) is 20.6 Å². The number of aromatic nitrogens is 2. The smallest absolute Gasteiger partial charge is 0.258 e. The number of ether oxygens (including phenoxy) is 1. The normalized spacial score (nSPS) is 10.3. The molecule has 7 nitrogen and oxygen atoms in total. The Kier molecular flexibility index (Phi) is 5.74. The van der Waals surface area contributed by atoms with Crippen LogP contribution < -0.4 is 20.3 Å². The molecule has 2 aromatic carbocycles. The zero-order chi connectivity index (χ0) is 20.1. The number of carbonyl (C=O) groups is 1. The first-order valence-electron chi connectivity index (χ1n) is 8.78. The van der Waals surface area contributed by atoms with Gasteiger partial charge in [0.1, 0.15) is 5.75 Å². The highest BCUT2D eigenvalue weighted by Gasteiger charge is 2.11. The summed E-state index contributed by atoms with van der Waals surface area (Å²) in [6, 6.07) is 13.5. The Hall–Kier alpha value is -3.61. The number of hydrogen-bond donors (Lipinski definition) is 2. The molecule has 0 saturated carbocycles. The maximum atomic E-state index is 12.5. The fraction of sp³-hybridized carbons (Fsp3) is 0.190. The van der Waals surface area contributed by atoms with E-state index in [0.717, 1.165) is 16.9 Å². The molecule has 144 valence electrons. The van der Waals surface area contributed by atoms with Crippen molar-refractivity contribution in [3.8, 4) is 5.75 Å². The van der Waals surface area contributed by atoms with Crippen molar-refractivity contribution < 1.29 is 9.53 Å². The van der Waals surface area contributed by atoms with Crippen LogP contribution in [-0.4, -0.2) is 37.1 Å². The zero-order valence-corrected chi connectivity index (χ0v) is 16.4. The molecule has 0 fully saturated rings. The van der Waals surface area contributed by atoms with E-state index in [1.165, 1.54) is 12.4 Å². The molecule has 0 bridgehead atoms. The quantitative estimate of drug-likeness (QED) is 0.679. The highest BCUT2D eigenvalue weighted by atomic mass is 16.5. The zero-order valence-electron chi connectivity index (χ0n) is 16.4. The lowest BCUT2D eigenvalue weighted by molar-refractivity contribution is 0.102. The molecule has 28 heavy (non-hydrogen) atoms. The summed E-state index contributed by atoms with van der Waals surface area (Å²) in [7, 11) is 5.54. The Morgan fingerprint density at radius 3 is 2.32 bits per heavy atom. The highest BCUT2D eigenvalue weighted by molar-refractivity contribution is 6.04. The summed E-state index contributed by atoms with van der Waals surface area (Å²) in [4.78, 5) is 23.0. The van der Waals surface area contributed by atoms with E-state index < -0.39 is 0 Å². The molecule has 1 aromatic heterocycles. The van der Waals surface area contributed by atoms with E-state index in [1.807, 2.05) is 68.4 Å². The summed E-state index contributed by atoms with van der Waals surface area (Å²) in [5.74, 6) is 0.715. The van der Waals surface area contributed by atoms with Gasteiger partial charge in [0.05, 0.1) is 18.4 Å². The second-order valence-electron chi connectivity index (χ2n) is 6.52. The molecule has 2 N–H and O–H groups in total. The molecule has 3 rings (SSSR count). The van der Waals surface area contributed by atoms with Crippen molar-refractivity contribution in [2.75, 3.05) is 36.7 Å². The number of carbonyl (C=O) groups excluding carboxylic acids is 1. The van der Waals surface area contributed by atoms with Crippen LogP contribution in [0.1, 0.15) is 15.9 Å². The van der Waals surface area contributed by atoms with E-state index in [-0.39, 0.29) is 5.91 Å². The summed E-state index contributed by atoms with van der Waals surface area (Å²) in [6.07, 6.45) is 2.97. The Labute approximate surface area is 164 Å². The number of benzene rings is 2. The second-order valence-corrected chi connectivity index (χ2v) is 6.52. The van der Waals surface area contributed by atoms with Gasteiger partial charge in [0, 0.05) is 37.9 Å². The predicted molar refractivity (Wildman–Crippen MR) is 112 cm³/mol. The fourth-order valence-corrected chi connectivity index (χ4v) is 2.60. The molecule has 3 aromatic rings. The lowest BCUT2D eigenvalue weighted by atomic mass is 10.2. The number of aryl methyl sites for hydroxylation is 1. The van der Waals surface area contributed by atoms with Gasteiger partial charge in [-0.1, -0.05) is 6.07 Å². The number of nitrogens with zero attached hydrogens (tertiary/aromatic N) is 3. The van der Waals surface area contributed by atoms with Gasteiger partial charge < -0.3 is 20.3 Å². The molecule has 0 aliphatic heterocycles. The van der Waals surface area contributed by atoms with Crippen LogP contribution in [0.3, 0.4) is 0 Å². The maximum absolute atomic E-state index is 12.5. The van der Waals surface area contributed by atoms with Crippen molar-refractivity contribution >= 4 is 28.9 Å². The molecule has 0 aliphatic rings. The van der Waals surface area contributed by atoms with Gasteiger partial charge in [-0.05, 0) is 48.9 Å². The standard InChI is InChI=1S/C21H23N5O2/c1-14-5-10-19(28-4)18(11-14)25-20(27)15-12-22-21(23-13-15)24-16-6-8-17(9-7-16)26(2)3/h5-13H,1-4H3,(H,25,27)(H,22,23,24). The van der Waals surface area contributed by atoms with Crippen molar-refractivity contribution in [1.82, 2.24) is 9.97 Å². The SMILES string of the molecule is COc1ccc(C)cc1NC(=O)c1cnc(Nc2ccc(N(C)C)cc2)nc1. The first kappa shape index (κ1) is 19.2. The number of nitrogens with one attached hydrogen (secondary N) is 2. The third kappa shape index (κ3) is 4.56. The van der Waals surface area contributed by atoms with Gasteiger partial charge in [0.25, 0.3) is 5.91 Å². The molecule has 7 heteroatoms. The molecule has 0 radical (unpaired) electrons. The average molecular weight is 377 g/mol. The van der Waals surface area contributed by atoms with Crippen molar-refractivity contribution in [2.45, 2.75) is 6.92 Å². The monoisotopic (exact) mass is 377 g/mol. The van der Waals surface area contributed by atoms with E-state index >= 15 is 0 Å². The third-order valence-corrected chi connectivity index (χ3v) is 4.16. The van der Waals surface area contributed by atoms with E-state index in [0.29, 0.717) is 22.9 Å². The van der Waals surface area contributed by atoms with Crippen LogP contribution in [0.25, 0.3) is 0 Å². The molecule has 0 unspecified atom stereocenters. The molecule has 1 amide bonds. The van der Waals surface area contributed by atoms with Gasteiger partial charge in [-0.3, -0.25) is 4.79 Å². The minimum atomic E-state index is -0.300.